The Hall–Kier alpha value is -0.180. The monoisotopic (exact) mass is 284 g/mol. The first-order chi connectivity index (χ1) is 7.73. The van der Waals surface area contributed by atoms with E-state index in [4.69, 9.17) is 5.73 Å². The molecule has 1 aliphatic rings. The third-order valence-electron chi connectivity index (χ3n) is 2.91. The Morgan fingerprint density at radius 3 is 2.29 bits per heavy atom. The van der Waals surface area contributed by atoms with Crippen LogP contribution >= 0.6 is 0 Å². The molecule has 6 nitrogen and oxygen atoms in total. The number of nitrogens with one attached hydrogen (secondary N) is 1. The molecule has 0 radical (unpaired) electrons. The first-order valence-corrected chi connectivity index (χ1v) is 9.32. The van der Waals surface area contributed by atoms with Crippen LogP contribution in [-0.4, -0.2) is 40.8 Å². The Balaban J connectivity index is 2.69. The molecule has 0 amide bonds. The van der Waals surface area contributed by atoms with Crippen LogP contribution < -0.4 is 10.5 Å². The summed E-state index contributed by atoms with van der Waals surface area (Å²) < 4.78 is 47.7. The molecule has 8 heteroatoms. The van der Waals surface area contributed by atoms with Gasteiger partial charge in [-0.25, -0.2) is 21.6 Å². The molecule has 102 valence electrons. The molecule has 0 bridgehead atoms. The van der Waals surface area contributed by atoms with Crippen LogP contribution in [0.4, 0.5) is 0 Å². The van der Waals surface area contributed by atoms with Gasteiger partial charge in [0.15, 0.2) is 14.9 Å². The first-order valence-electron chi connectivity index (χ1n) is 5.61. The summed E-state index contributed by atoms with van der Waals surface area (Å²) in [5, 5.41) is -0.853. The molecule has 0 saturated heterocycles. The molecule has 17 heavy (non-hydrogen) atoms. The summed E-state index contributed by atoms with van der Waals surface area (Å²) >= 11 is 0. The Bertz CT molecular complexity index is 444. The zero-order valence-corrected chi connectivity index (χ0v) is 11.6. The third kappa shape index (κ3) is 5.33. The maximum Gasteiger partial charge on any atom is 0.226 e. The number of sulfonamides is 1. The van der Waals surface area contributed by atoms with Crippen molar-refractivity contribution in [1.82, 2.24) is 4.72 Å². The van der Waals surface area contributed by atoms with Gasteiger partial charge in [-0.05, 0) is 25.3 Å². The van der Waals surface area contributed by atoms with Gasteiger partial charge in [0.1, 0.15) is 0 Å². The molecule has 1 rings (SSSR count). The maximum absolute atomic E-state index is 11.6. The second-order valence-corrected chi connectivity index (χ2v) is 8.92. The van der Waals surface area contributed by atoms with E-state index in [0.29, 0.717) is 6.54 Å². The van der Waals surface area contributed by atoms with Crippen molar-refractivity contribution in [1.29, 1.82) is 0 Å². The van der Waals surface area contributed by atoms with Crippen molar-refractivity contribution < 1.29 is 16.8 Å². The average molecular weight is 284 g/mol. The summed E-state index contributed by atoms with van der Waals surface area (Å²) in [7, 11) is -7.31. The fourth-order valence-corrected chi connectivity index (χ4v) is 5.49. The number of sulfone groups is 1. The van der Waals surface area contributed by atoms with Gasteiger partial charge in [0, 0.05) is 12.3 Å². The summed E-state index contributed by atoms with van der Waals surface area (Å²) in [5.74, 6) is 0.109. The van der Waals surface area contributed by atoms with Gasteiger partial charge in [-0.2, -0.15) is 0 Å². The minimum Gasteiger partial charge on any atom is -0.330 e. The van der Waals surface area contributed by atoms with Crippen molar-refractivity contribution in [2.24, 2.45) is 11.7 Å². The summed E-state index contributed by atoms with van der Waals surface area (Å²) in [6.07, 6.45) is 4.52. The normalized spacial score (nSPS) is 26.9. The van der Waals surface area contributed by atoms with Crippen LogP contribution in [0.25, 0.3) is 0 Å². The van der Waals surface area contributed by atoms with Crippen LogP contribution in [0.3, 0.4) is 0 Å². The van der Waals surface area contributed by atoms with E-state index in [9.17, 15) is 16.8 Å². The van der Waals surface area contributed by atoms with Crippen molar-refractivity contribution in [3.8, 4) is 0 Å². The smallest absolute Gasteiger partial charge is 0.226 e. The van der Waals surface area contributed by atoms with Gasteiger partial charge in [-0.1, -0.05) is 12.8 Å². The summed E-state index contributed by atoms with van der Waals surface area (Å²) in [4.78, 5) is 0. The van der Waals surface area contributed by atoms with Crippen LogP contribution in [-0.2, 0) is 19.9 Å². The average Bonchev–Trinajstić information content (AvgIpc) is 2.14. The minimum absolute atomic E-state index is 0.109. The molecule has 0 heterocycles. The standard InChI is InChI=1S/C9H20N2O4S2/c1-16(12,13)7-17(14,15)11-9-5-3-2-4-8(9)6-10/h8-9,11H,2-7,10H2,1H3. The Labute approximate surface area is 103 Å². The summed E-state index contributed by atoms with van der Waals surface area (Å²) in [6.45, 7) is 0.423. The lowest BCUT2D eigenvalue weighted by Gasteiger charge is -2.30. The predicted octanol–water partition coefficient (Wildman–Crippen LogP) is -0.575. The molecular weight excluding hydrogens is 264 g/mol. The summed E-state index contributed by atoms with van der Waals surface area (Å²) in [5.41, 5.74) is 5.59. The van der Waals surface area contributed by atoms with Gasteiger partial charge in [0.2, 0.25) is 10.0 Å². The van der Waals surface area contributed by atoms with Gasteiger partial charge < -0.3 is 5.73 Å². The minimum atomic E-state index is -3.78. The molecule has 1 aliphatic carbocycles. The van der Waals surface area contributed by atoms with Crippen molar-refractivity contribution in [3.05, 3.63) is 0 Å². The van der Waals surface area contributed by atoms with E-state index in [2.05, 4.69) is 4.72 Å². The van der Waals surface area contributed by atoms with Gasteiger partial charge in [0.25, 0.3) is 0 Å². The van der Waals surface area contributed by atoms with Gasteiger partial charge in [0.05, 0.1) is 0 Å². The second-order valence-electron chi connectivity index (χ2n) is 4.66. The van der Waals surface area contributed by atoms with E-state index in [1.807, 2.05) is 0 Å². The highest BCUT2D eigenvalue weighted by atomic mass is 32.3. The topological polar surface area (TPSA) is 106 Å². The molecule has 2 atom stereocenters. The highest BCUT2D eigenvalue weighted by molar-refractivity contribution is 8.06. The zero-order valence-electron chi connectivity index (χ0n) is 9.92. The molecule has 1 fully saturated rings. The van der Waals surface area contributed by atoms with E-state index in [1.54, 1.807) is 0 Å². The van der Waals surface area contributed by atoms with Crippen molar-refractivity contribution in [2.45, 2.75) is 31.7 Å². The quantitative estimate of drug-likeness (QED) is 0.703. The third-order valence-corrected chi connectivity index (χ3v) is 6.53. The van der Waals surface area contributed by atoms with E-state index >= 15 is 0 Å². The number of nitrogens with two attached hydrogens (primary N) is 1. The first kappa shape index (κ1) is 14.9. The Kier molecular flexibility index (Phi) is 4.94. The molecule has 0 aromatic carbocycles. The van der Waals surface area contributed by atoms with Crippen LogP contribution in [0, 0.1) is 5.92 Å². The Morgan fingerprint density at radius 2 is 1.76 bits per heavy atom. The SMILES string of the molecule is CS(=O)(=O)CS(=O)(=O)NC1CCCCC1CN. The molecule has 0 aliphatic heterocycles. The second kappa shape index (κ2) is 5.64. The highest BCUT2D eigenvalue weighted by Crippen LogP contribution is 2.24. The van der Waals surface area contributed by atoms with Crippen molar-refractivity contribution in [2.75, 3.05) is 17.9 Å². The lowest BCUT2D eigenvalue weighted by atomic mass is 9.85. The highest BCUT2D eigenvalue weighted by Gasteiger charge is 2.29. The molecular formula is C9H20N2O4S2. The predicted molar refractivity (Wildman–Crippen MR) is 66.6 cm³/mol. The van der Waals surface area contributed by atoms with E-state index in [0.717, 1.165) is 31.9 Å². The Morgan fingerprint density at radius 1 is 1.18 bits per heavy atom. The van der Waals surface area contributed by atoms with Gasteiger partial charge >= 0.3 is 0 Å². The van der Waals surface area contributed by atoms with Crippen LogP contribution in [0.2, 0.25) is 0 Å². The van der Waals surface area contributed by atoms with Crippen LogP contribution in [0.15, 0.2) is 0 Å². The van der Waals surface area contributed by atoms with E-state index in [-0.39, 0.29) is 12.0 Å². The molecule has 0 aromatic heterocycles. The van der Waals surface area contributed by atoms with Crippen LogP contribution in [0.1, 0.15) is 25.7 Å². The van der Waals surface area contributed by atoms with Crippen molar-refractivity contribution in [3.63, 3.8) is 0 Å². The van der Waals surface area contributed by atoms with Gasteiger partial charge in [-0.3, -0.25) is 0 Å². The largest absolute Gasteiger partial charge is 0.330 e. The fourth-order valence-electron chi connectivity index (χ4n) is 2.19. The van der Waals surface area contributed by atoms with Gasteiger partial charge in [-0.15, -0.1) is 0 Å². The molecule has 1 saturated carbocycles. The maximum atomic E-state index is 11.6. The van der Waals surface area contributed by atoms with Crippen molar-refractivity contribution >= 4 is 19.9 Å². The summed E-state index contributed by atoms with van der Waals surface area (Å²) in [6, 6.07) is -0.222. The lowest BCUT2D eigenvalue weighted by Crippen LogP contribution is -2.46. The fraction of sp³-hybridized carbons (Fsp3) is 1.00. The lowest BCUT2D eigenvalue weighted by molar-refractivity contribution is 0.296. The molecule has 0 spiro atoms. The number of hydrogen-bond donors (Lipinski definition) is 2. The van der Waals surface area contributed by atoms with E-state index in [1.165, 1.54) is 0 Å². The molecule has 2 unspecified atom stereocenters. The zero-order chi connectivity index (χ0) is 13.1. The molecule has 0 aromatic rings. The van der Waals surface area contributed by atoms with Crippen LogP contribution in [0.5, 0.6) is 0 Å². The van der Waals surface area contributed by atoms with E-state index < -0.39 is 24.9 Å². The molecule has 3 N–H and O–H groups in total. The number of rotatable bonds is 5. The number of hydrogen-bond acceptors (Lipinski definition) is 5.